The Kier molecular flexibility index (Phi) is 3.74. The number of aryl methyl sites for hydroxylation is 2. The molecule has 0 saturated carbocycles. The molecule has 6 nitrogen and oxygen atoms in total. The Bertz CT molecular complexity index is 683. The van der Waals surface area contributed by atoms with Gasteiger partial charge in [0, 0.05) is 18.0 Å². The predicted octanol–water partition coefficient (Wildman–Crippen LogP) is 2.04. The second-order valence-corrected chi connectivity index (χ2v) is 4.31. The maximum atomic E-state index is 12.1. The van der Waals surface area contributed by atoms with Crippen molar-refractivity contribution in [2.45, 2.75) is 13.8 Å². The van der Waals surface area contributed by atoms with Gasteiger partial charge in [0.25, 0.3) is 5.91 Å². The van der Waals surface area contributed by atoms with Crippen molar-refractivity contribution in [3.63, 3.8) is 0 Å². The number of rotatable bonds is 3. The van der Waals surface area contributed by atoms with Crippen LogP contribution < -0.4 is 5.32 Å². The van der Waals surface area contributed by atoms with E-state index < -0.39 is 11.9 Å². The average Bonchev–Trinajstić information content (AvgIpc) is 2.42. The number of aromatic carboxylic acids is 1. The number of benzene rings is 1. The number of anilines is 1. The summed E-state index contributed by atoms with van der Waals surface area (Å²) >= 11 is 0. The number of hydrogen-bond donors (Lipinski definition) is 2. The molecule has 1 heterocycles. The topological polar surface area (TPSA) is 92.2 Å². The maximum absolute atomic E-state index is 12.1. The molecule has 1 aromatic heterocycles. The van der Waals surface area contributed by atoms with Crippen molar-refractivity contribution >= 4 is 17.7 Å². The monoisotopic (exact) mass is 271 g/mol. The van der Waals surface area contributed by atoms with Crippen molar-refractivity contribution in [3.8, 4) is 0 Å². The van der Waals surface area contributed by atoms with E-state index in [4.69, 9.17) is 5.11 Å². The fourth-order valence-electron chi connectivity index (χ4n) is 1.65. The summed E-state index contributed by atoms with van der Waals surface area (Å²) in [6.07, 6.45) is 2.58. The number of carbonyl (C=O) groups is 2. The highest BCUT2D eigenvalue weighted by atomic mass is 16.4. The van der Waals surface area contributed by atoms with Gasteiger partial charge in [-0.3, -0.25) is 4.79 Å². The summed E-state index contributed by atoms with van der Waals surface area (Å²) in [5, 5.41) is 11.4. The Labute approximate surface area is 115 Å². The molecule has 0 saturated heterocycles. The normalized spacial score (nSPS) is 10.1. The molecule has 0 unspecified atom stereocenters. The van der Waals surface area contributed by atoms with Crippen molar-refractivity contribution in [1.29, 1.82) is 0 Å². The first-order valence-corrected chi connectivity index (χ1v) is 5.92. The zero-order chi connectivity index (χ0) is 14.7. The molecule has 20 heavy (non-hydrogen) atoms. The van der Waals surface area contributed by atoms with E-state index >= 15 is 0 Å². The maximum Gasteiger partial charge on any atom is 0.358 e. The molecule has 0 radical (unpaired) electrons. The first-order valence-electron chi connectivity index (χ1n) is 5.92. The minimum atomic E-state index is -1.24. The zero-order valence-electron chi connectivity index (χ0n) is 11.0. The van der Waals surface area contributed by atoms with Crippen LogP contribution in [0, 0.1) is 13.8 Å². The van der Waals surface area contributed by atoms with E-state index in [0.717, 1.165) is 11.1 Å². The van der Waals surface area contributed by atoms with E-state index in [0.29, 0.717) is 5.56 Å². The van der Waals surface area contributed by atoms with Crippen LogP contribution in [0.15, 0.2) is 30.6 Å². The summed E-state index contributed by atoms with van der Waals surface area (Å²) in [5.74, 6) is -1.73. The molecular formula is C14H13N3O3. The fraction of sp³-hybridized carbons (Fsp3) is 0.143. The van der Waals surface area contributed by atoms with Gasteiger partial charge in [-0.05, 0) is 37.1 Å². The molecule has 2 aromatic rings. The SMILES string of the molecule is Cc1ccc(C(=O)Nc2nccnc2C(=O)O)cc1C. The Hall–Kier alpha value is -2.76. The lowest BCUT2D eigenvalue weighted by molar-refractivity contribution is 0.0691. The zero-order valence-corrected chi connectivity index (χ0v) is 11.0. The lowest BCUT2D eigenvalue weighted by atomic mass is 10.1. The molecule has 2 rings (SSSR count). The Morgan fingerprint density at radius 3 is 2.45 bits per heavy atom. The first kappa shape index (κ1) is 13.7. The van der Waals surface area contributed by atoms with Crippen LogP contribution in [-0.2, 0) is 0 Å². The van der Waals surface area contributed by atoms with E-state index in [9.17, 15) is 9.59 Å². The lowest BCUT2D eigenvalue weighted by Gasteiger charge is -2.07. The fourth-order valence-corrected chi connectivity index (χ4v) is 1.65. The van der Waals surface area contributed by atoms with Crippen LogP contribution in [0.25, 0.3) is 0 Å². The van der Waals surface area contributed by atoms with E-state index in [2.05, 4.69) is 15.3 Å². The summed E-state index contributed by atoms with van der Waals surface area (Å²) in [6, 6.07) is 5.25. The highest BCUT2D eigenvalue weighted by Crippen LogP contribution is 2.13. The summed E-state index contributed by atoms with van der Waals surface area (Å²) in [6.45, 7) is 3.85. The minimum absolute atomic E-state index is 0.0665. The van der Waals surface area contributed by atoms with Crippen LogP contribution in [0.2, 0.25) is 0 Å². The number of nitrogens with zero attached hydrogens (tertiary/aromatic N) is 2. The van der Waals surface area contributed by atoms with Crippen molar-refractivity contribution in [2.75, 3.05) is 5.32 Å². The summed E-state index contributed by atoms with van der Waals surface area (Å²) in [5.41, 5.74) is 2.21. The smallest absolute Gasteiger partial charge is 0.358 e. The number of amides is 1. The van der Waals surface area contributed by atoms with Gasteiger partial charge in [-0.2, -0.15) is 0 Å². The summed E-state index contributed by atoms with van der Waals surface area (Å²) in [4.78, 5) is 30.6. The van der Waals surface area contributed by atoms with Crippen LogP contribution in [0.5, 0.6) is 0 Å². The van der Waals surface area contributed by atoms with Crippen molar-refractivity contribution in [1.82, 2.24) is 9.97 Å². The van der Waals surface area contributed by atoms with E-state index in [-0.39, 0.29) is 11.5 Å². The highest BCUT2D eigenvalue weighted by molar-refractivity contribution is 6.06. The van der Waals surface area contributed by atoms with Gasteiger partial charge in [0.2, 0.25) is 0 Å². The molecule has 0 aliphatic rings. The van der Waals surface area contributed by atoms with Crippen LogP contribution in [0.1, 0.15) is 32.0 Å². The van der Waals surface area contributed by atoms with Gasteiger partial charge in [0.15, 0.2) is 11.5 Å². The summed E-state index contributed by atoms with van der Waals surface area (Å²) in [7, 11) is 0. The average molecular weight is 271 g/mol. The van der Waals surface area contributed by atoms with E-state index in [1.807, 2.05) is 19.9 Å². The second-order valence-electron chi connectivity index (χ2n) is 4.31. The molecule has 0 bridgehead atoms. The molecular weight excluding hydrogens is 258 g/mol. The van der Waals surface area contributed by atoms with Crippen LogP contribution >= 0.6 is 0 Å². The van der Waals surface area contributed by atoms with Crippen molar-refractivity contribution < 1.29 is 14.7 Å². The standard InChI is InChI=1S/C14H13N3O3/c1-8-3-4-10(7-9(8)2)13(18)17-12-11(14(19)20)15-5-6-16-12/h3-7H,1-2H3,(H,19,20)(H,16,17,18). The van der Waals surface area contributed by atoms with Gasteiger partial charge >= 0.3 is 5.97 Å². The molecule has 1 aromatic carbocycles. The highest BCUT2D eigenvalue weighted by Gasteiger charge is 2.16. The Morgan fingerprint density at radius 2 is 1.80 bits per heavy atom. The van der Waals surface area contributed by atoms with E-state index in [1.165, 1.54) is 12.4 Å². The molecule has 2 N–H and O–H groups in total. The molecule has 0 aliphatic heterocycles. The van der Waals surface area contributed by atoms with Crippen LogP contribution in [0.3, 0.4) is 0 Å². The molecule has 1 amide bonds. The first-order chi connectivity index (χ1) is 9.49. The Balaban J connectivity index is 2.28. The largest absolute Gasteiger partial charge is 0.476 e. The quantitative estimate of drug-likeness (QED) is 0.891. The number of hydrogen-bond acceptors (Lipinski definition) is 4. The minimum Gasteiger partial charge on any atom is -0.476 e. The van der Waals surface area contributed by atoms with Gasteiger partial charge in [-0.25, -0.2) is 14.8 Å². The third kappa shape index (κ3) is 2.80. The molecule has 6 heteroatoms. The number of aromatic nitrogens is 2. The number of nitrogens with one attached hydrogen (secondary N) is 1. The van der Waals surface area contributed by atoms with Crippen molar-refractivity contribution in [3.05, 3.63) is 53.0 Å². The van der Waals surface area contributed by atoms with Crippen molar-refractivity contribution in [2.24, 2.45) is 0 Å². The predicted molar refractivity (Wildman–Crippen MR) is 72.9 cm³/mol. The van der Waals surface area contributed by atoms with Crippen LogP contribution in [0.4, 0.5) is 5.82 Å². The Morgan fingerprint density at radius 1 is 1.10 bits per heavy atom. The lowest BCUT2D eigenvalue weighted by Crippen LogP contribution is -2.17. The van der Waals surface area contributed by atoms with Gasteiger partial charge in [0.05, 0.1) is 0 Å². The molecule has 102 valence electrons. The van der Waals surface area contributed by atoms with Gasteiger partial charge in [0.1, 0.15) is 0 Å². The summed E-state index contributed by atoms with van der Waals surface area (Å²) < 4.78 is 0. The van der Waals surface area contributed by atoms with Gasteiger partial charge in [-0.15, -0.1) is 0 Å². The molecule has 0 fully saturated rings. The third-order valence-corrected chi connectivity index (χ3v) is 2.90. The number of carboxylic acids is 1. The van der Waals surface area contributed by atoms with E-state index in [1.54, 1.807) is 12.1 Å². The van der Waals surface area contributed by atoms with Gasteiger partial charge in [-0.1, -0.05) is 6.07 Å². The van der Waals surface area contributed by atoms with Gasteiger partial charge < -0.3 is 10.4 Å². The molecule has 0 atom stereocenters. The third-order valence-electron chi connectivity index (χ3n) is 2.90. The number of carbonyl (C=O) groups excluding carboxylic acids is 1. The number of carboxylic acid groups (broad SMARTS) is 1. The molecule has 0 aliphatic carbocycles. The van der Waals surface area contributed by atoms with Crippen LogP contribution in [-0.4, -0.2) is 27.0 Å². The molecule has 0 spiro atoms. The second kappa shape index (κ2) is 5.48.